The SMILES string of the molecule is CCCCC/C=C/C/C=C/CCCCCCCC(=O)OC[C@H](CO[C@H]1O[C@H](CS(=O)(=O)O)[C@@H](O)C(O)C1O)OC(=O)CCCCCCC/C=C/C/C=C/CCCCC. The lowest BCUT2D eigenvalue weighted by atomic mass is 10.00. The van der Waals surface area contributed by atoms with E-state index in [1.165, 1.54) is 38.5 Å². The van der Waals surface area contributed by atoms with E-state index in [0.717, 1.165) is 89.9 Å². The first-order chi connectivity index (χ1) is 28.0. The maximum Gasteiger partial charge on any atom is 0.306 e. The van der Waals surface area contributed by atoms with Gasteiger partial charge in [0.25, 0.3) is 10.1 Å². The van der Waals surface area contributed by atoms with Crippen LogP contribution in [-0.2, 0) is 38.7 Å². The number of hydrogen-bond donors (Lipinski definition) is 4. The Morgan fingerprint density at radius 1 is 0.586 bits per heavy atom. The van der Waals surface area contributed by atoms with Crippen LogP contribution in [-0.4, -0.2) is 96.0 Å². The second-order valence-corrected chi connectivity index (χ2v) is 16.9. The first-order valence-corrected chi connectivity index (χ1v) is 23.8. The number of ether oxygens (including phenoxy) is 4. The average Bonchev–Trinajstić information content (AvgIpc) is 3.18. The number of aliphatic hydroxyl groups excluding tert-OH is 3. The van der Waals surface area contributed by atoms with E-state index in [4.69, 9.17) is 18.9 Å². The number of allylic oxidation sites excluding steroid dienone is 8. The monoisotopic (exact) mass is 843 g/mol. The Balaban J connectivity index is 2.49. The summed E-state index contributed by atoms with van der Waals surface area (Å²) < 4.78 is 54.0. The highest BCUT2D eigenvalue weighted by Gasteiger charge is 2.46. The van der Waals surface area contributed by atoms with Crippen molar-refractivity contribution < 1.29 is 56.8 Å². The lowest BCUT2D eigenvalue weighted by Gasteiger charge is -2.40. The van der Waals surface area contributed by atoms with Crippen molar-refractivity contribution in [3.05, 3.63) is 48.6 Å². The summed E-state index contributed by atoms with van der Waals surface area (Å²) in [6, 6.07) is 0. The van der Waals surface area contributed by atoms with Crippen molar-refractivity contribution in [2.75, 3.05) is 19.0 Å². The summed E-state index contributed by atoms with van der Waals surface area (Å²) in [5, 5.41) is 30.9. The van der Waals surface area contributed by atoms with Crippen molar-refractivity contribution in [1.29, 1.82) is 0 Å². The quantitative estimate of drug-likeness (QED) is 0.0204. The van der Waals surface area contributed by atoms with Crippen molar-refractivity contribution in [1.82, 2.24) is 0 Å². The standard InChI is InChI=1S/C45H78O12S/c1-3-5-7-9-11-13-15-17-19-21-23-25-27-29-31-33-40(46)54-35-38(36-55-45-44(50)43(49)42(48)39(57-45)37-58(51,52)53)56-41(47)34-32-30-28-26-24-22-20-18-16-14-12-10-8-6-4-2/h11-14,17-20,38-39,42-45,48-50H,3-10,15-16,21-37H2,1-2H3,(H,51,52,53)/b13-11+,14-12+,19-17+,20-18+/t38-,39-,42-,43?,44?,45+/m1/s1. The fourth-order valence-electron chi connectivity index (χ4n) is 6.38. The van der Waals surface area contributed by atoms with Crippen molar-refractivity contribution in [2.45, 2.75) is 205 Å². The van der Waals surface area contributed by atoms with Crippen molar-refractivity contribution in [2.24, 2.45) is 0 Å². The van der Waals surface area contributed by atoms with Crippen molar-refractivity contribution in [3.63, 3.8) is 0 Å². The Morgan fingerprint density at radius 2 is 1.03 bits per heavy atom. The van der Waals surface area contributed by atoms with E-state index in [9.17, 15) is 37.9 Å². The zero-order chi connectivity index (χ0) is 42.7. The zero-order valence-electron chi connectivity index (χ0n) is 35.6. The first kappa shape index (κ1) is 53.6. The summed E-state index contributed by atoms with van der Waals surface area (Å²) in [4.78, 5) is 25.4. The van der Waals surface area contributed by atoms with E-state index in [1.807, 2.05) is 0 Å². The van der Waals surface area contributed by atoms with Gasteiger partial charge in [0, 0.05) is 12.8 Å². The highest BCUT2D eigenvalue weighted by Crippen LogP contribution is 2.24. The molecule has 0 aliphatic carbocycles. The van der Waals surface area contributed by atoms with E-state index in [2.05, 4.69) is 62.5 Å². The molecule has 6 atom stereocenters. The molecule has 0 radical (unpaired) electrons. The molecule has 13 heteroatoms. The largest absolute Gasteiger partial charge is 0.462 e. The van der Waals surface area contributed by atoms with Crippen LogP contribution in [0.2, 0.25) is 0 Å². The third kappa shape index (κ3) is 29.8. The molecule has 0 amide bonds. The van der Waals surface area contributed by atoms with Crippen LogP contribution >= 0.6 is 0 Å². The predicted molar refractivity (Wildman–Crippen MR) is 229 cm³/mol. The molecule has 58 heavy (non-hydrogen) atoms. The molecule has 1 saturated heterocycles. The number of rotatable bonds is 36. The maximum atomic E-state index is 12.8. The number of aliphatic hydroxyl groups is 3. The Hall–Kier alpha value is -2.39. The van der Waals surface area contributed by atoms with Gasteiger partial charge < -0.3 is 34.3 Å². The Labute approximate surface area is 350 Å². The van der Waals surface area contributed by atoms with Gasteiger partial charge >= 0.3 is 11.9 Å². The number of unbranched alkanes of at least 4 members (excludes halogenated alkanes) is 16. The van der Waals surface area contributed by atoms with Gasteiger partial charge in [0.15, 0.2) is 12.4 Å². The molecule has 0 bridgehead atoms. The molecule has 12 nitrogen and oxygen atoms in total. The normalized spacial score (nSPS) is 20.8. The first-order valence-electron chi connectivity index (χ1n) is 22.2. The molecular weight excluding hydrogens is 765 g/mol. The molecule has 4 N–H and O–H groups in total. The Morgan fingerprint density at radius 3 is 1.52 bits per heavy atom. The molecule has 1 rings (SSSR count). The third-order valence-corrected chi connectivity index (χ3v) is 10.6. The summed E-state index contributed by atoms with van der Waals surface area (Å²) in [7, 11) is -4.61. The van der Waals surface area contributed by atoms with Gasteiger partial charge in [0.05, 0.1) is 6.61 Å². The van der Waals surface area contributed by atoms with E-state index in [1.54, 1.807) is 0 Å². The molecule has 0 saturated carbocycles. The smallest absolute Gasteiger partial charge is 0.306 e. The van der Waals surface area contributed by atoms with Crippen LogP contribution < -0.4 is 0 Å². The van der Waals surface area contributed by atoms with Crippen LogP contribution in [0, 0.1) is 0 Å². The molecule has 1 fully saturated rings. The highest BCUT2D eigenvalue weighted by molar-refractivity contribution is 7.85. The van der Waals surface area contributed by atoms with Gasteiger partial charge in [-0.25, -0.2) is 0 Å². The van der Waals surface area contributed by atoms with Gasteiger partial charge in [0.2, 0.25) is 0 Å². The molecule has 0 aromatic rings. The molecule has 0 aromatic heterocycles. The number of esters is 2. The van der Waals surface area contributed by atoms with Crippen molar-refractivity contribution in [3.8, 4) is 0 Å². The molecule has 0 spiro atoms. The summed E-state index contributed by atoms with van der Waals surface area (Å²) in [5.74, 6) is -2.02. The van der Waals surface area contributed by atoms with Crippen LogP contribution in [0.5, 0.6) is 0 Å². The topological polar surface area (TPSA) is 186 Å². The predicted octanol–water partition coefficient (Wildman–Crippen LogP) is 8.78. The summed E-state index contributed by atoms with van der Waals surface area (Å²) in [6.07, 6.45) is 31.5. The van der Waals surface area contributed by atoms with Crippen molar-refractivity contribution >= 4 is 22.1 Å². The molecule has 336 valence electrons. The van der Waals surface area contributed by atoms with Crippen LogP contribution in [0.1, 0.15) is 168 Å². The average molecular weight is 843 g/mol. The molecule has 1 aliphatic heterocycles. The minimum absolute atomic E-state index is 0.144. The lowest BCUT2D eigenvalue weighted by molar-refractivity contribution is -0.297. The van der Waals surface area contributed by atoms with E-state index in [-0.39, 0.29) is 19.4 Å². The fraction of sp³-hybridized carbons (Fsp3) is 0.778. The molecule has 1 heterocycles. The van der Waals surface area contributed by atoms with Gasteiger partial charge in [0.1, 0.15) is 36.8 Å². The summed E-state index contributed by atoms with van der Waals surface area (Å²) in [6.45, 7) is 3.67. The van der Waals surface area contributed by atoms with Gasteiger partial charge in [-0.05, 0) is 77.0 Å². The van der Waals surface area contributed by atoms with E-state index >= 15 is 0 Å². The fourth-order valence-corrected chi connectivity index (χ4v) is 7.07. The van der Waals surface area contributed by atoms with Gasteiger partial charge in [-0.3, -0.25) is 14.1 Å². The second kappa shape index (κ2) is 35.4. The van der Waals surface area contributed by atoms with Gasteiger partial charge in [-0.1, -0.05) is 127 Å². The molecular formula is C45H78O12S. The lowest BCUT2D eigenvalue weighted by Crippen LogP contribution is -2.60. The molecule has 1 aliphatic rings. The minimum Gasteiger partial charge on any atom is -0.462 e. The second-order valence-electron chi connectivity index (χ2n) is 15.4. The van der Waals surface area contributed by atoms with E-state index in [0.29, 0.717) is 12.8 Å². The number of hydrogen-bond acceptors (Lipinski definition) is 11. The Kier molecular flexibility index (Phi) is 32.7. The summed E-state index contributed by atoms with van der Waals surface area (Å²) >= 11 is 0. The van der Waals surface area contributed by atoms with Crippen LogP contribution in [0.4, 0.5) is 0 Å². The van der Waals surface area contributed by atoms with Crippen LogP contribution in [0.15, 0.2) is 48.6 Å². The molecule has 2 unspecified atom stereocenters. The minimum atomic E-state index is -4.61. The number of carbonyl (C=O) groups is 2. The third-order valence-electron chi connectivity index (χ3n) is 9.88. The Bertz CT molecular complexity index is 1260. The highest BCUT2D eigenvalue weighted by atomic mass is 32.2. The maximum absolute atomic E-state index is 12.8. The number of carbonyl (C=O) groups excluding carboxylic acids is 2. The molecule has 0 aromatic carbocycles. The van der Waals surface area contributed by atoms with Crippen LogP contribution in [0.3, 0.4) is 0 Å². The van der Waals surface area contributed by atoms with Gasteiger partial charge in [-0.2, -0.15) is 8.42 Å². The van der Waals surface area contributed by atoms with E-state index < -0.39 is 71.2 Å². The zero-order valence-corrected chi connectivity index (χ0v) is 36.5. The van der Waals surface area contributed by atoms with Crippen LogP contribution in [0.25, 0.3) is 0 Å². The van der Waals surface area contributed by atoms with Gasteiger partial charge in [-0.15, -0.1) is 0 Å². The summed E-state index contributed by atoms with van der Waals surface area (Å²) in [5.41, 5.74) is 0.